The van der Waals surface area contributed by atoms with Gasteiger partial charge in [-0.15, -0.1) is 0 Å². The summed E-state index contributed by atoms with van der Waals surface area (Å²) in [5.41, 5.74) is 0.341. The molecule has 3 aromatic carbocycles. The van der Waals surface area contributed by atoms with Crippen LogP contribution in [0, 0.1) is 0 Å². The molecule has 1 aliphatic heterocycles. The number of sulfonamides is 1. The quantitative estimate of drug-likeness (QED) is 0.389. The van der Waals surface area contributed by atoms with Crippen molar-refractivity contribution < 1.29 is 17.9 Å². The molecule has 0 bridgehead atoms. The van der Waals surface area contributed by atoms with Crippen LogP contribution in [0.25, 0.3) is 0 Å². The molecule has 33 heavy (non-hydrogen) atoms. The normalized spacial score (nSPS) is 16.5. The van der Waals surface area contributed by atoms with Crippen LogP contribution in [-0.2, 0) is 10.0 Å². The fourth-order valence-electron chi connectivity index (χ4n) is 3.47. The van der Waals surface area contributed by atoms with Crippen molar-refractivity contribution in [1.82, 2.24) is 4.90 Å². The van der Waals surface area contributed by atoms with E-state index >= 15 is 0 Å². The number of hydrogen-bond acceptors (Lipinski definition) is 5. The van der Waals surface area contributed by atoms with Crippen molar-refractivity contribution >= 4 is 50.5 Å². The summed E-state index contributed by atoms with van der Waals surface area (Å²) in [5, 5.41) is 1.24. The summed E-state index contributed by atoms with van der Waals surface area (Å²) in [6.07, 6.45) is 0.890. The van der Waals surface area contributed by atoms with E-state index in [1.165, 1.54) is 12.1 Å². The number of anilines is 1. The first-order chi connectivity index (χ1) is 15.7. The monoisotopic (exact) mass is 526 g/mol. The summed E-state index contributed by atoms with van der Waals surface area (Å²) >= 11 is 18.3. The summed E-state index contributed by atoms with van der Waals surface area (Å²) in [4.78, 5) is 2.19. The predicted octanol–water partition coefficient (Wildman–Crippen LogP) is 6.32. The summed E-state index contributed by atoms with van der Waals surface area (Å²) < 4.78 is 40.3. The fourth-order valence-corrected chi connectivity index (χ4v) is 5.22. The second-order valence-electron chi connectivity index (χ2n) is 7.72. The molecule has 6 nitrogen and oxygen atoms in total. The van der Waals surface area contributed by atoms with Gasteiger partial charge < -0.3 is 14.4 Å². The van der Waals surface area contributed by atoms with E-state index in [-0.39, 0.29) is 11.0 Å². The van der Waals surface area contributed by atoms with Crippen LogP contribution < -0.4 is 14.2 Å². The van der Waals surface area contributed by atoms with Crippen LogP contribution in [0.5, 0.6) is 17.2 Å². The van der Waals surface area contributed by atoms with Gasteiger partial charge >= 0.3 is 0 Å². The Morgan fingerprint density at radius 3 is 2.42 bits per heavy atom. The number of likely N-dealkylation sites (tertiary alicyclic amines) is 1. The Kier molecular flexibility index (Phi) is 7.26. The van der Waals surface area contributed by atoms with E-state index in [1.807, 2.05) is 7.05 Å². The molecule has 4 rings (SSSR count). The average Bonchev–Trinajstić information content (AvgIpc) is 3.14. The lowest BCUT2D eigenvalue weighted by Gasteiger charge is -2.16. The zero-order chi connectivity index (χ0) is 23.6. The third kappa shape index (κ3) is 6.25. The lowest BCUT2D eigenvalue weighted by molar-refractivity contribution is 0.208. The van der Waals surface area contributed by atoms with Crippen LogP contribution in [0.1, 0.15) is 6.42 Å². The molecule has 0 aliphatic carbocycles. The summed E-state index contributed by atoms with van der Waals surface area (Å²) in [6.45, 7) is 1.73. The van der Waals surface area contributed by atoms with Crippen molar-refractivity contribution in [2.75, 3.05) is 24.9 Å². The molecular weight excluding hydrogens is 507 g/mol. The van der Waals surface area contributed by atoms with Crippen LogP contribution in [-0.4, -0.2) is 39.6 Å². The van der Waals surface area contributed by atoms with Crippen LogP contribution in [0.2, 0.25) is 15.1 Å². The number of hydrogen-bond donors (Lipinski definition) is 1. The largest absolute Gasteiger partial charge is 0.487 e. The van der Waals surface area contributed by atoms with Gasteiger partial charge in [0.2, 0.25) is 0 Å². The smallest absolute Gasteiger partial charge is 0.262 e. The highest BCUT2D eigenvalue weighted by atomic mass is 35.5. The van der Waals surface area contributed by atoms with Crippen LogP contribution in [0.15, 0.2) is 65.6 Å². The number of nitrogens with one attached hydrogen (secondary N) is 1. The third-order valence-electron chi connectivity index (χ3n) is 5.01. The van der Waals surface area contributed by atoms with E-state index in [2.05, 4.69) is 9.62 Å². The molecule has 3 aromatic rings. The van der Waals surface area contributed by atoms with Crippen molar-refractivity contribution in [3.8, 4) is 17.2 Å². The van der Waals surface area contributed by atoms with Crippen LogP contribution in [0.4, 0.5) is 5.69 Å². The molecule has 10 heteroatoms. The molecule has 0 spiro atoms. The van der Waals surface area contributed by atoms with E-state index in [1.54, 1.807) is 48.5 Å². The molecule has 174 valence electrons. The van der Waals surface area contributed by atoms with Gasteiger partial charge in [0.05, 0.1) is 15.6 Å². The highest BCUT2D eigenvalue weighted by Gasteiger charge is 2.22. The molecule has 1 N–H and O–H groups in total. The van der Waals surface area contributed by atoms with Crippen molar-refractivity contribution in [1.29, 1.82) is 0 Å². The molecule has 0 unspecified atom stereocenters. The van der Waals surface area contributed by atoms with Gasteiger partial charge in [-0.1, -0.05) is 40.9 Å². The first kappa shape index (κ1) is 24.0. The van der Waals surface area contributed by atoms with Gasteiger partial charge in [-0.2, -0.15) is 0 Å². The van der Waals surface area contributed by atoms with Gasteiger partial charge in [-0.25, -0.2) is 8.42 Å². The third-order valence-corrected chi connectivity index (χ3v) is 7.14. The summed E-state index contributed by atoms with van der Waals surface area (Å²) in [6, 6.07) is 15.7. The van der Waals surface area contributed by atoms with E-state index in [0.29, 0.717) is 38.0 Å². The second kappa shape index (κ2) is 9.99. The highest BCUT2D eigenvalue weighted by Crippen LogP contribution is 2.32. The average molecular weight is 528 g/mol. The van der Waals surface area contributed by atoms with Gasteiger partial charge in [0.15, 0.2) is 0 Å². The number of benzene rings is 3. The molecule has 0 amide bonds. The number of halogens is 3. The first-order valence-electron chi connectivity index (χ1n) is 10.1. The van der Waals surface area contributed by atoms with E-state index in [9.17, 15) is 8.42 Å². The van der Waals surface area contributed by atoms with Gasteiger partial charge in [-0.3, -0.25) is 4.72 Å². The Morgan fingerprint density at radius 2 is 1.73 bits per heavy atom. The number of ether oxygens (including phenoxy) is 2. The maximum atomic E-state index is 13.0. The lowest BCUT2D eigenvalue weighted by atomic mass is 10.3. The topological polar surface area (TPSA) is 67.9 Å². The van der Waals surface area contributed by atoms with Gasteiger partial charge in [0.25, 0.3) is 10.0 Å². The molecule has 0 radical (unpaired) electrons. The van der Waals surface area contributed by atoms with Crippen molar-refractivity contribution in [3.05, 3.63) is 75.7 Å². The maximum Gasteiger partial charge on any atom is 0.262 e. The zero-order valence-corrected chi connectivity index (χ0v) is 20.7. The standard InChI is InChI=1S/C23H21Cl3N2O4S/c1-28-8-7-19(14-28)32-23-12-17(5-6-22(23)26)27-33(29,30)21-4-2-3-18(13-21)31-20-10-15(24)9-16(25)11-20/h2-6,9-13,19,27H,7-8,14H2,1H3/t19-/m1/s1. The lowest BCUT2D eigenvalue weighted by Crippen LogP contribution is -2.21. The molecule has 1 aliphatic rings. The number of rotatable bonds is 7. The van der Waals surface area contributed by atoms with Gasteiger partial charge in [0, 0.05) is 35.3 Å². The van der Waals surface area contributed by atoms with E-state index in [0.717, 1.165) is 19.5 Å². The molecule has 1 saturated heterocycles. The Balaban J connectivity index is 1.52. The Hall–Kier alpha value is -2.16. The SMILES string of the molecule is CN1CC[C@@H](Oc2cc(NS(=O)(=O)c3cccc(Oc4cc(Cl)cc(Cl)c4)c3)ccc2Cl)C1. The highest BCUT2D eigenvalue weighted by molar-refractivity contribution is 7.92. The number of nitrogens with zero attached hydrogens (tertiary/aromatic N) is 1. The maximum absolute atomic E-state index is 13.0. The van der Waals surface area contributed by atoms with Crippen LogP contribution in [0.3, 0.4) is 0 Å². The van der Waals surface area contributed by atoms with Crippen molar-refractivity contribution in [3.63, 3.8) is 0 Å². The molecule has 1 fully saturated rings. The van der Waals surface area contributed by atoms with Gasteiger partial charge in [-0.05, 0) is 55.9 Å². The molecular formula is C23H21Cl3N2O4S. The Labute approximate surface area is 208 Å². The minimum absolute atomic E-state index is 0.00757. The van der Waals surface area contributed by atoms with Crippen molar-refractivity contribution in [2.24, 2.45) is 0 Å². The van der Waals surface area contributed by atoms with Crippen molar-refractivity contribution in [2.45, 2.75) is 17.4 Å². The minimum atomic E-state index is -3.90. The van der Waals surface area contributed by atoms with Crippen LogP contribution >= 0.6 is 34.8 Å². The fraction of sp³-hybridized carbons (Fsp3) is 0.217. The Bertz CT molecular complexity index is 1250. The molecule has 1 heterocycles. The van der Waals surface area contributed by atoms with E-state index < -0.39 is 10.0 Å². The Morgan fingerprint density at radius 1 is 0.970 bits per heavy atom. The van der Waals surface area contributed by atoms with E-state index in [4.69, 9.17) is 44.3 Å². The molecule has 1 atom stereocenters. The molecule has 0 aromatic heterocycles. The summed E-state index contributed by atoms with van der Waals surface area (Å²) in [5.74, 6) is 1.15. The summed E-state index contributed by atoms with van der Waals surface area (Å²) in [7, 11) is -1.88. The molecule has 0 saturated carbocycles. The minimum Gasteiger partial charge on any atom is -0.487 e. The number of likely N-dealkylation sites (N-methyl/N-ethyl adjacent to an activating group) is 1. The first-order valence-corrected chi connectivity index (χ1v) is 12.7. The zero-order valence-electron chi connectivity index (χ0n) is 17.6. The van der Waals surface area contributed by atoms with Gasteiger partial charge in [0.1, 0.15) is 23.4 Å². The second-order valence-corrected chi connectivity index (χ2v) is 10.7. The predicted molar refractivity (Wildman–Crippen MR) is 132 cm³/mol.